The summed E-state index contributed by atoms with van der Waals surface area (Å²) < 4.78 is 54.9. The molecule has 3 saturated heterocycles. The van der Waals surface area contributed by atoms with Gasteiger partial charge in [0.2, 0.25) is 0 Å². The van der Waals surface area contributed by atoms with Gasteiger partial charge in [0, 0.05) is 82.0 Å². The van der Waals surface area contributed by atoms with E-state index >= 15 is 0 Å². The molecule has 0 aliphatic carbocycles. The minimum absolute atomic E-state index is 0.00253. The number of likely N-dealkylation sites (N-methyl/N-ethyl adjacent to an activating group) is 2. The van der Waals surface area contributed by atoms with Gasteiger partial charge < -0.3 is 64.4 Å². The van der Waals surface area contributed by atoms with Crippen LogP contribution >= 0.6 is 0 Å². The molecule has 5 heterocycles. The first-order valence-electron chi connectivity index (χ1n) is 27.1. The van der Waals surface area contributed by atoms with E-state index in [0.717, 1.165) is 28.1 Å². The van der Waals surface area contributed by atoms with Gasteiger partial charge in [0.1, 0.15) is 30.6 Å². The summed E-state index contributed by atoms with van der Waals surface area (Å²) in [6.07, 6.45) is -1.52. The van der Waals surface area contributed by atoms with Crippen molar-refractivity contribution in [1.82, 2.24) is 29.8 Å². The lowest BCUT2D eigenvalue weighted by Crippen LogP contribution is -2.59. The molecular formula is C56H90FN7O11. The molecule has 2 aromatic heterocycles. The zero-order chi connectivity index (χ0) is 55.2. The first-order chi connectivity index (χ1) is 35.3. The Hall–Kier alpha value is -3.57. The van der Waals surface area contributed by atoms with E-state index in [1.807, 2.05) is 89.3 Å². The standard InChI is InChI=1S/C56H90FN7O11/c1-14-46-56(10,69)50(65)37(6)63(12)31-33(2)26-54(8,68)52(35(4)49(36(5)53(67)73-46)74-48-27-55(9,70-13)51(66)38(7)72-48)75-47-25-44(23-34(3)71-47)62(11)22-21-43-32-64(61-60-43)45(28-57)24-39-15-17-40(18-16-39)41-19-20-42(29-58)59-30-41/h15-20,30,32-38,44-52,65-66,68-69H,14,21-29,31,58H2,1-13H3/t33-,34-,35+,36-,37-,38+,44+,45+,46-,47+,48+,49+,50-,51+,52-,54-,55-,56-/m1/s1. The van der Waals surface area contributed by atoms with Gasteiger partial charge in [-0.3, -0.25) is 9.78 Å². The Morgan fingerprint density at radius 3 is 2.25 bits per heavy atom. The molecule has 3 aliphatic heterocycles. The molecule has 422 valence electrons. The zero-order valence-electron chi connectivity index (χ0n) is 46.8. The molecule has 6 N–H and O–H groups in total. The van der Waals surface area contributed by atoms with Gasteiger partial charge >= 0.3 is 5.97 Å². The Balaban J connectivity index is 1.21. The maximum absolute atomic E-state index is 14.6. The largest absolute Gasteiger partial charge is 0.459 e. The predicted octanol–water partition coefficient (Wildman–Crippen LogP) is 5.41. The van der Waals surface area contributed by atoms with Crippen molar-refractivity contribution in [3.63, 3.8) is 0 Å². The summed E-state index contributed by atoms with van der Waals surface area (Å²) in [7, 11) is 5.43. The molecule has 0 unspecified atom stereocenters. The lowest BCUT2D eigenvalue weighted by Gasteiger charge is -2.48. The maximum Gasteiger partial charge on any atom is 0.311 e. The third kappa shape index (κ3) is 14.8. The Morgan fingerprint density at radius 2 is 1.63 bits per heavy atom. The summed E-state index contributed by atoms with van der Waals surface area (Å²) >= 11 is 0. The Labute approximate surface area is 444 Å². The third-order valence-electron chi connectivity index (χ3n) is 16.6. The molecule has 3 aliphatic rings. The van der Waals surface area contributed by atoms with Crippen LogP contribution in [0.5, 0.6) is 0 Å². The summed E-state index contributed by atoms with van der Waals surface area (Å²) in [5.74, 6) is -2.54. The first-order valence-corrected chi connectivity index (χ1v) is 27.1. The number of aliphatic hydroxyl groups excluding tert-OH is 2. The molecule has 0 amide bonds. The minimum atomic E-state index is -1.82. The number of alkyl halides is 1. The van der Waals surface area contributed by atoms with Crippen LogP contribution in [0.15, 0.2) is 48.8 Å². The fourth-order valence-corrected chi connectivity index (χ4v) is 11.7. The quantitative estimate of drug-likeness (QED) is 0.113. The second kappa shape index (κ2) is 25.9. The van der Waals surface area contributed by atoms with Gasteiger partial charge in [-0.2, -0.15) is 0 Å². The molecule has 19 heteroatoms. The number of carbonyl (C=O) groups excluding carboxylic acids is 1. The van der Waals surface area contributed by atoms with Crippen LogP contribution in [-0.2, 0) is 52.6 Å². The van der Waals surface area contributed by atoms with Gasteiger partial charge in [0.15, 0.2) is 12.6 Å². The number of nitrogens with zero attached hydrogens (tertiary/aromatic N) is 6. The van der Waals surface area contributed by atoms with Crippen LogP contribution < -0.4 is 5.73 Å². The van der Waals surface area contributed by atoms with Crippen LogP contribution in [0.2, 0.25) is 0 Å². The summed E-state index contributed by atoms with van der Waals surface area (Å²) in [6, 6.07) is 10.9. The maximum atomic E-state index is 14.6. The van der Waals surface area contributed by atoms with E-state index in [9.17, 15) is 29.6 Å². The van der Waals surface area contributed by atoms with Crippen LogP contribution in [0, 0.1) is 17.8 Å². The highest BCUT2D eigenvalue weighted by atomic mass is 19.1. The summed E-state index contributed by atoms with van der Waals surface area (Å²) in [5.41, 5.74) is 5.85. The molecule has 18 atom stereocenters. The number of hydrogen-bond acceptors (Lipinski definition) is 17. The number of benzene rings is 1. The van der Waals surface area contributed by atoms with Crippen molar-refractivity contribution >= 4 is 5.97 Å². The molecule has 0 spiro atoms. The van der Waals surface area contributed by atoms with E-state index in [4.69, 9.17) is 34.2 Å². The Kier molecular flexibility index (Phi) is 21.0. The summed E-state index contributed by atoms with van der Waals surface area (Å²) in [6.45, 7) is 18.8. The molecule has 3 aromatic rings. The van der Waals surface area contributed by atoms with Crippen molar-refractivity contribution in [1.29, 1.82) is 0 Å². The molecular weight excluding hydrogens is 966 g/mol. The number of pyridine rings is 1. The highest BCUT2D eigenvalue weighted by Crippen LogP contribution is 2.40. The van der Waals surface area contributed by atoms with Gasteiger partial charge in [0.05, 0.1) is 59.0 Å². The molecule has 0 bridgehead atoms. The highest BCUT2D eigenvalue weighted by Gasteiger charge is 2.52. The van der Waals surface area contributed by atoms with E-state index < -0.39 is 103 Å². The van der Waals surface area contributed by atoms with Crippen molar-refractivity contribution < 1.29 is 58.0 Å². The van der Waals surface area contributed by atoms with Crippen LogP contribution in [0.3, 0.4) is 0 Å². The van der Waals surface area contributed by atoms with Crippen LogP contribution in [0.25, 0.3) is 11.1 Å². The molecule has 0 saturated carbocycles. The van der Waals surface area contributed by atoms with Crippen molar-refractivity contribution in [2.45, 2.75) is 211 Å². The van der Waals surface area contributed by atoms with E-state index in [0.29, 0.717) is 45.3 Å². The summed E-state index contributed by atoms with van der Waals surface area (Å²) in [5, 5.41) is 56.3. The highest BCUT2D eigenvalue weighted by molar-refractivity contribution is 5.73. The monoisotopic (exact) mass is 1060 g/mol. The first kappa shape index (κ1) is 60.7. The van der Waals surface area contributed by atoms with Crippen molar-refractivity contribution in [3.8, 4) is 11.1 Å². The van der Waals surface area contributed by atoms with Crippen molar-refractivity contribution in [2.24, 2.45) is 23.5 Å². The number of rotatable bonds is 16. The smallest absolute Gasteiger partial charge is 0.311 e. The third-order valence-corrected chi connectivity index (χ3v) is 16.6. The second-order valence-electron chi connectivity index (χ2n) is 23.0. The topological polar surface area (TPSA) is 229 Å². The second-order valence-corrected chi connectivity index (χ2v) is 23.0. The van der Waals surface area contributed by atoms with E-state index in [-0.39, 0.29) is 37.3 Å². The molecule has 18 nitrogen and oxygen atoms in total. The molecule has 0 radical (unpaired) electrons. The number of nitrogens with two attached hydrogens (primary N) is 1. The van der Waals surface area contributed by atoms with E-state index in [1.165, 1.54) is 14.0 Å². The van der Waals surface area contributed by atoms with Gasteiger partial charge in [-0.1, -0.05) is 56.3 Å². The van der Waals surface area contributed by atoms with Crippen molar-refractivity contribution in [3.05, 3.63) is 65.7 Å². The summed E-state index contributed by atoms with van der Waals surface area (Å²) in [4.78, 5) is 23.1. The fourth-order valence-electron chi connectivity index (χ4n) is 11.7. The number of aliphatic hydroxyl groups is 4. The van der Waals surface area contributed by atoms with Gasteiger partial charge in [0.25, 0.3) is 0 Å². The average Bonchev–Trinajstić information content (AvgIpc) is 3.86. The SMILES string of the molecule is CC[C@H]1OC(=O)[C@H](C)[C@@H](O[C@H]2C[C@@](C)(OC)[C@@H](O)[C@H](C)O2)[C@H](C)[C@@H](O[C@H]2C[C@@H](N(C)CCc3cn([C@H](CF)Cc4ccc(-c5ccc(CN)nc5)cc4)nn3)C[C@@H](C)O2)[C@](C)(O)C[C@@H](C)CN(C)[C@H](C)[C@@H](O)[C@]1(C)O. The number of cyclic esters (lactones) is 1. The number of methoxy groups -OCH3 is 1. The molecule has 6 rings (SSSR count). The van der Waals surface area contributed by atoms with E-state index in [1.54, 1.807) is 45.5 Å². The average molecular weight is 1060 g/mol. The Morgan fingerprint density at radius 1 is 0.933 bits per heavy atom. The lowest BCUT2D eigenvalue weighted by atomic mass is 9.77. The fraction of sp³-hybridized carbons (Fsp3) is 0.750. The van der Waals surface area contributed by atoms with Crippen molar-refractivity contribution in [2.75, 3.05) is 41.0 Å². The predicted molar refractivity (Wildman–Crippen MR) is 282 cm³/mol. The number of aromatic nitrogens is 4. The number of halogens is 1. The molecule has 1 aromatic carbocycles. The number of carbonyl (C=O) groups is 1. The number of hydrogen-bond donors (Lipinski definition) is 5. The number of esters is 1. The van der Waals surface area contributed by atoms with Gasteiger partial charge in [-0.05, 0) is 111 Å². The minimum Gasteiger partial charge on any atom is -0.459 e. The molecule has 3 fully saturated rings. The lowest BCUT2D eigenvalue weighted by molar-refractivity contribution is -0.308. The normalized spacial score (nSPS) is 37.4. The molecule has 75 heavy (non-hydrogen) atoms. The van der Waals surface area contributed by atoms with Gasteiger partial charge in [-0.15, -0.1) is 5.10 Å². The van der Waals surface area contributed by atoms with Crippen LogP contribution in [0.1, 0.15) is 124 Å². The van der Waals surface area contributed by atoms with E-state index in [2.05, 4.69) is 20.2 Å². The zero-order valence-corrected chi connectivity index (χ0v) is 46.8. The van der Waals surface area contributed by atoms with Gasteiger partial charge in [-0.25, -0.2) is 9.07 Å². The number of ether oxygens (including phenoxy) is 6. The van der Waals surface area contributed by atoms with Crippen LogP contribution in [0.4, 0.5) is 4.39 Å². The Bertz CT molecular complexity index is 2240. The van der Waals surface area contributed by atoms with Crippen LogP contribution in [-0.4, -0.2) is 181 Å².